The van der Waals surface area contributed by atoms with Crippen LogP contribution in [0.3, 0.4) is 0 Å². The quantitative estimate of drug-likeness (QED) is 0.140. The summed E-state index contributed by atoms with van der Waals surface area (Å²) in [5.41, 5.74) is 6.34. The molecule has 2 aromatic heterocycles. The first-order valence-electron chi connectivity index (χ1n) is 18.8. The molecular formula is C49H25N7OV. The summed E-state index contributed by atoms with van der Waals surface area (Å²) in [6.07, 6.45) is 0. The van der Waals surface area contributed by atoms with Crippen molar-refractivity contribution in [2.75, 3.05) is 0 Å². The van der Waals surface area contributed by atoms with Crippen LogP contribution >= 0.6 is 0 Å². The Balaban J connectivity index is 0.00000181. The van der Waals surface area contributed by atoms with Crippen LogP contribution in [0.1, 0.15) is 0 Å². The minimum absolute atomic E-state index is 0.550. The number of nitrogens with zero attached hydrogens (tertiary/aromatic N) is 7. The van der Waals surface area contributed by atoms with Crippen molar-refractivity contribution in [1.82, 2.24) is 34.9 Å². The second kappa shape index (κ2) is 12.6. The van der Waals surface area contributed by atoms with Gasteiger partial charge in [0.05, 0.1) is 11.6 Å². The van der Waals surface area contributed by atoms with Crippen LogP contribution in [0.5, 0.6) is 0 Å². The van der Waals surface area contributed by atoms with Crippen LogP contribution in [-0.2, 0) is 21.0 Å². The van der Waals surface area contributed by atoms with Crippen molar-refractivity contribution >= 4 is 87.0 Å². The third-order valence-electron chi connectivity index (χ3n) is 11.3. The van der Waals surface area contributed by atoms with Crippen molar-refractivity contribution in [3.8, 4) is 45.6 Å². The Morgan fingerprint density at radius 3 is 0.948 bits per heavy atom. The summed E-state index contributed by atoms with van der Waals surface area (Å²) in [7, 11) is 0. The Bertz CT molecular complexity index is 3280. The van der Waals surface area contributed by atoms with E-state index in [-0.39, 0.29) is 0 Å². The molecule has 0 saturated heterocycles. The summed E-state index contributed by atoms with van der Waals surface area (Å²) in [6.45, 7) is 0. The molecule has 0 spiro atoms. The summed E-state index contributed by atoms with van der Waals surface area (Å²) in [5.74, 6) is 2.32. The number of fused-ring (bicyclic) bond motifs is 24. The molecule has 0 amide bonds. The Labute approximate surface area is 338 Å². The normalized spacial score (nSPS) is 12.0. The SMILES string of the molecule is [O]=[V+2].c1ccc2cc3c(cc2c1)-c1nc-3nc2[n-]c(nc3nc(nc4[cH-]c(n1)c1cc5ccccc5cc41)-c1cc4ccccc4cc1-3)c1cc3ccccc3cc21. The van der Waals surface area contributed by atoms with E-state index in [4.69, 9.17) is 38.6 Å². The Hall–Kier alpha value is -7.39. The first kappa shape index (κ1) is 32.8. The standard InChI is InChI=1S/C49H25N7.O.V/c1-2-10-27-18-35-34(17-26(27)9-1)42-25-43(35)51-45-37-20-29-12-4-6-14-31(29)22-39(37)47(53-45)55-49-41-24-33-16-8-7-15-32(33)23-40(41)48(56-49)54-46-38-21-30-13-5-3-11-28(30)19-36(38)44(50-42)52-46;;/h1-25H;;/q-2;;+2. The third-order valence-corrected chi connectivity index (χ3v) is 11.3. The fourth-order valence-electron chi connectivity index (χ4n) is 8.57. The summed E-state index contributed by atoms with van der Waals surface area (Å²) >= 11 is 1.06. The van der Waals surface area contributed by atoms with E-state index >= 15 is 0 Å². The molecule has 9 aromatic carbocycles. The summed E-state index contributed by atoms with van der Waals surface area (Å²) < 4.78 is 8.19. The third kappa shape index (κ3) is 4.99. The van der Waals surface area contributed by atoms with Crippen LogP contribution in [0, 0.1) is 0 Å². The topological polar surface area (TPSA) is 109 Å². The van der Waals surface area contributed by atoms with Gasteiger partial charge < -0.3 is 15.0 Å². The zero-order chi connectivity index (χ0) is 38.5. The average Bonchev–Trinajstić information content (AvgIpc) is 3.98. The van der Waals surface area contributed by atoms with Gasteiger partial charge in [0.15, 0.2) is 11.6 Å². The van der Waals surface area contributed by atoms with Gasteiger partial charge in [-0.25, -0.2) is 9.97 Å². The van der Waals surface area contributed by atoms with E-state index in [9.17, 15) is 0 Å². The molecule has 0 aliphatic carbocycles. The predicted molar refractivity (Wildman–Crippen MR) is 227 cm³/mol. The number of hydrogen-bond acceptors (Lipinski definition) is 7. The molecule has 2 aliphatic heterocycles. The maximum atomic E-state index is 8.19. The van der Waals surface area contributed by atoms with Gasteiger partial charge in [0.25, 0.3) is 0 Å². The van der Waals surface area contributed by atoms with E-state index in [2.05, 4.69) is 152 Å². The van der Waals surface area contributed by atoms with Gasteiger partial charge in [-0.05, 0) is 101 Å². The Kier molecular flexibility index (Phi) is 7.11. The molecule has 2 aliphatic rings. The molecule has 8 bridgehead atoms. The second-order valence-electron chi connectivity index (χ2n) is 14.6. The molecule has 9 heteroatoms. The average molecular weight is 779 g/mol. The molecule has 0 N–H and O–H groups in total. The largest absolute Gasteiger partial charge is 0.357 e. The molecule has 0 atom stereocenters. The minimum Gasteiger partial charge on any atom is -0.357 e. The number of rotatable bonds is 0. The predicted octanol–water partition coefficient (Wildman–Crippen LogP) is 11.4. The first-order chi connectivity index (χ1) is 28.7. The van der Waals surface area contributed by atoms with E-state index in [0.717, 1.165) is 115 Å². The molecular weight excluding hydrogens is 754 g/mol. The van der Waals surface area contributed by atoms with E-state index in [1.165, 1.54) is 0 Å². The van der Waals surface area contributed by atoms with Crippen molar-refractivity contribution in [3.63, 3.8) is 0 Å². The molecule has 0 fully saturated rings. The Morgan fingerprint density at radius 1 is 0.345 bits per heavy atom. The van der Waals surface area contributed by atoms with Gasteiger partial charge in [-0.3, -0.25) is 9.97 Å². The van der Waals surface area contributed by atoms with Crippen molar-refractivity contribution < 1.29 is 21.0 Å². The molecule has 58 heavy (non-hydrogen) atoms. The van der Waals surface area contributed by atoms with Crippen molar-refractivity contribution in [2.24, 2.45) is 0 Å². The van der Waals surface area contributed by atoms with Gasteiger partial charge in [-0.15, -0.1) is 29.0 Å². The van der Waals surface area contributed by atoms with Gasteiger partial charge in [0, 0.05) is 33.5 Å². The van der Waals surface area contributed by atoms with Crippen molar-refractivity contribution in [2.45, 2.75) is 0 Å². The van der Waals surface area contributed by atoms with E-state index in [1.807, 2.05) is 0 Å². The number of benzene rings is 8. The number of hydrogen-bond donors (Lipinski definition) is 0. The van der Waals surface area contributed by atoms with Crippen molar-refractivity contribution in [3.05, 3.63) is 152 Å². The van der Waals surface area contributed by atoms with Crippen molar-refractivity contribution in [1.29, 1.82) is 0 Å². The zero-order valence-corrected chi connectivity index (χ0v) is 31.8. The molecule has 267 valence electrons. The molecule has 11 aromatic rings. The van der Waals surface area contributed by atoms with E-state index in [0.29, 0.717) is 34.6 Å². The maximum absolute atomic E-state index is 8.19. The van der Waals surface area contributed by atoms with Crippen LogP contribution in [0.2, 0.25) is 0 Å². The molecule has 13 rings (SSSR count). The first-order valence-corrected chi connectivity index (χ1v) is 19.4. The Morgan fingerprint density at radius 2 is 0.621 bits per heavy atom. The number of aromatic nitrogens is 7. The summed E-state index contributed by atoms with van der Waals surface area (Å²) in [5, 5.41) is 12.6. The van der Waals surface area contributed by atoms with Gasteiger partial charge in [0.1, 0.15) is 0 Å². The fraction of sp³-hybridized carbons (Fsp3) is 0. The monoisotopic (exact) mass is 778 g/mol. The maximum Gasteiger partial charge on any atom is 0.159 e. The molecule has 0 saturated carbocycles. The van der Waals surface area contributed by atoms with Crippen LogP contribution in [-0.4, -0.2) is 29.9 Å². The molecule has 0 unspecified atom stereocenters. The van der Waals surface area contributed by atoms with Gasteiger partial charge >= 0.3 is 21.0 Å². The molecule has 8 nitrogen and oxygen atoms in total. The van der Waals surface area contributed by atoms with Gasteiger partial charge in [-0.1, -0.05) is 97.1 Å². The van der Waals surface area contributed by atoms with Gasteiger partial charge in [-0.2, -0.15) is 0 Å². The summed E-state index contributed by atoms with van der Waals surface area (Å²) in [4.78, 5) is 36.8. The van der Waals surface area contributed by atoms with E-state index < -0.39 is 0 Å². The zero-order valence-electron chi connectivity index (χ0n) is 30.4. The fourth-order valence-corrected chi connectivity index (χ4v) is 8.57. The second-order valence-corrected chi connectivity index (χ2v) is 14.6. The van der Waals surface area contributed by atoms with Gasteiger partial charge in [0.2, 0.25) is 0 Å². The molecule has 4 heterocycles. The van der Waals surface area contributed by atoms with Crippen LogP contribution < -0.4 is 4.98 Å². The minimum atomic E-state index is 0.550. The summed E-state index contributed by atoms with van der Waals surface area (Å²) in [6, 6.07) is 52.9. The van der Waals surface area contributed by atoms with Crippen LogP contribution in [0.15, 0.2) is 152 Å². The van der Waals surface area contributed by atoms with Crippen LogP contribution in [0.25, 0.3) is 133 Å². The smallest absolute Gasteiger partial charge is 0.159 e. The van der Waals surface area contributed by atoms with E-state index in [1.54, 1.807) is 0 Å². The molecule has 0 radical (unpaired) electrons. The van der Waals surface area contributed by atoms with Crippen LogP contribution in [0.4, 0.5) is 0 Å².